The number of aryl methyl sites for hydroxylation is 1. The Morgan fingerprint density at radius 1 is 1.47 bits per heavy atom. The fourth-order valence-electron chi connectivity index (χ4n) is 1.61. The lowest BCUT2D eigenvalue weighted by atomic mass is 10.3. The standard InChI is InChI=1S/C12H14N4O2S/c1-2-9-7-15-12(19-9)4-6-14-10-3-5-13-8-11(10)16(17)18/h3,5,7-8H,2,4,6H2,1H3,(H,13,14). The van der Waals surface area contributed by atoms with E-state index in [9.17, 15) is 10.1 Å². The zero-order valence-electron chi connectivity index (χ0n) is 10.5. The highest BCUT2D eigenvalue weighted by molar-refractivity contribution is 7.11. The SMILES string of the molecule is CCc1cnc(CCNc2ccncc2[N+](=O)[O-])s1. The first-order valence-corrected chi connectivity index (χ1v) is 6.78. The van der Waals surface area contributed by atoms with Crippen molar-refractivity contribution in [1.82, 2.24) is 9.97 Å². The van der Waals surface area contributed by atoms with E-state index in [4.69, 9.17) is 0 Å². The Hall–Kier alpha value is -2.02. The quantitative estimate of drug-likeness (QED) is 0.649. The van der Waals surface area contributed by atoms with Gasteiger partial charge in [-0.1, -0.05) is 6.92 Å². The van der Waals surface area contributed by atoms with Crippen molar-refractivity contribution in [3.05, 3.63) is 44.7 Å². The van der Waals surface area contributed by atoms with E-state index in [0.29, 0.717) is 12.2 Å². The highest BCUT2D eigenvalue weighted by Gasteiger charge is 2.12. The molecule has 0 spiro atoms. The number of anilines is 1. The van der Waals surface area contributed by atoms with Crippen molar-refractivity contribution in [2.75, 3.05) is 11.9 Å². The third-order valence-corrected chi connectivity index (χ3v) is 3.80. The van der Waals surface area contributed by atoms with Gasteiger partial charge in [0.2, 0.25) is 0 Å². The summed E-state index contributed by atoms with van der Waals surface area (Å²) in [7, 11) is 0. The fourth-order valence-corrected chi connectivity index (χ4v) is 2.47. The molecule has 0 aliphatic rings. The zero-order valence-corrected chi connectivity index (χ0v) is 11.3. The van der Waals surface area contributed by atoms with Gasteiger partial charge in [0, 0.05) is 30.2 Å². The molecule has 0 aromatic carbocycles. The van der Waals surface area contributed by atoms with E-state index in [1.165, 1.54) is 17.3 Å². The van der Waals surface area contributed by atoms with Crippen molar-refractivity contribution in [1.29, 1.82) is 0 Å². The van der Waals surface area contributed by atoms with Crippen molar-refractivity contribution < 1.29 is 4.92 Å². The average molecular weight is 278 g/mol. The highest BCUT2D eigenvalue weighted by atomic mass is 32.1. The Labute approximate surface area is 114 Å². The first kappa shape index (κ1) is 13.4. The van der Waals surface area contributed by atoms with E-state index in [0.717, 1.165) is 17.8 Å². The van der Waals surface area contributed by atoms with E-state index in [-0.39, 0.29) is 5.69 Å². The van der Waals surface area contributed by atoms with Crippen molar-refractivity contribution in [3.63, 3.8) is 0 Å². The number of nitro groups is 1. The van der Waals surface area contributed by atoms with Gasteiger partial charge in [0.1, 0.15) is 11.9 Å². The van der Waals surface area contributed by atoms with Crippen LogP contribution in [0.5, 0.6) is 0 Å². The van der Waals surface area contributed by atoms with Crippen LogP contribution in [-0.4, -0.2) is 21.4 Å². The summed E-state index contributed by atoms with van der Waals surface area (Å²) < 4.78 is 0. The van der Waals surface area contributed by atoms with E-state index in [1.54, 1.807) is 17.4 Å². The smallest absolute Gasteiger partial charge is 0.310 e. The Morgan fingerprint density at radius 2 is 2.32 bits per heavy atom. The zero-order chi connectivity index (χ0) is 13.7. The Kier molecular flexibility index (Phi) is 4.40. The van der Waals surface area contributed by atoms with Gasteiger partial charge in [0.25, 0.3) is 0 Å². The van der Waals surface area contributed by atoms with Gasteiger partial charge in [0.15, 0.2) is 0 Å². The number of hydrogen-bond donors (Lipinski definition) is 1. The lowest BCUT2D eigenvalue weighted by Gasteiger charge is -2.04. The van der Waals surface area contributed by atoms with Crippen LogP contribution in [0.2, 0.25) is 0 Å². The molecule has 0 aliphatic heterocycles. The number of nitrogens with one attached hydrogen (secondary N) is 1. The normalized spacial score (nSPS) is 10.4. The second kappa shape index (κ2) is 6.24. The molecule has 7 heteroatoms. The van der Waals surface area contributed by atoms with Gasteiger partial charge in [-0.25, -0.2) is 4.98 Å². The summed E-state index contributed by atoms with van der Waals surface area (Å²) in [6.45, 7) is 2.71. The number of aromatic nitrogens is 2. The van der Waals surface area contributed by atoms with Crippen molar-refractivity contribution in [2.45, 2.75) is 19.8 Å². The molecule has 0 saturated carbocycles. The summed E-state index contributed by atoms with van der Waals surface area (Å²) in [5, 5.41) is 14.9. The summed E-state index contributed by atoms with van der Waals surface area (Å²) in [6, 6.07) is 1.61. The van der Waals surface area contributed by atoms with Gasteiger partial charge in [0.05, 0.1) is 9.93 Å². The van der Waals surface area contributed by atoms with Gasteiger partial charge >= 0.3 is 5.69 Å². The topological polar surface area (TPSA) is 81.0 Å². The Bertz CT molecular complexity index is 570. The van der Waals surface area contributed by atoms with E-state index in [1.807, 2.05) is 6.20 Å². The van der Waals surface area contributed by atoms with E-state index in [2.05, 4.69) is 22.2 Å². The summed E-state index contributed by atoms with van der Waals surface area (Å²) in [4.78, 5) is 19.7. The number of hydrogen-bond acceptors (Lipinski definition) is 6. The molecule has 0 aliphatic carbocycles. The second-order valence-corrected chi connectivity index (χ2v) is 5.10. The first-order valence-electron chi connectivity index (χ1n) is 5.96. The van der Waals surface area contributed by atoms with E-state index < -0.39 is 4.92 Å². The highest BCUT2D eigenvalue weighted by Crippen LogP contribution is 2.22. The molecular formula is C12H14N4O2S. The molecule has 0 atom stereocenters. The minimum absolute atomic E-state index is 0.00381. The van der Waals surface area contributed by atoms with Crippen LogP contribution in [0.25, 0.3) is 0 Å². The second-order valence-electron chi connectivity index (χ2n) is 3.90. The van der Waals surface area contributed by atoms with Crippen LogP contribution in [0.15, 0.2) is 24.7 Å². The van der Waals surface area contributed by atoms with Crippen molar-refractivity contribution in [3.8, 4) is 0 Å². The number of nitrogens with zero attached hydrogens (tertiary/aromatic N) is 3. The molecule has 0 fully saturated rings. The molecule has 1 N–H and O–H groups in total. The molecule has 2 rings (SSSR count). The van der Waals surface area contributed by atoms with Gasteiger partial charge in [-0.15, -0.1) is 11.3 Å². The summed E-state index contributed by atoms with van der Waals surface area (Å²) in [6.07, 6.45) is 6.41. The molecule has 19 heavy (non-hydrogen) atoms. The van der Waals surface area contributed by atoms with E-state index >= 15 is 0 Å². The summed E-state index contributed by atoms with van der Waals surface area (Å²) in [5.74, 6) is 0. The summed E-state index contributed by atoms with van der Waals surface area (Å²) >= 11 is 1.68. The number of thiazole rings is 1. The van der Waals surface area contributed by atoms with Crippen LogP contribution >= 0.6 is 11.3 Å². The molecule has 0 unspecified atom stereocenters. The van der Waals surface area contributed by atoms with Gasteiger partial charge < -0.3 is 5.32 Å². The van der Waals surface area contributed by atoms with Crippen LogP contribution in [0.3, 0.4) is 0 Å². The Balaban J connectivity index is 1.94. The van der Waals surface area contributed by atoms with Crippen molar-refractivity contribution >= 4 is 22.7 Å². The first-order chi connectivity index (χ1) is 9.20. The van der Waals surface area contributed by atoms with Crippen LogP contribution in [0.4, 0.5) is 11.4 Å². The Morgan fingerprint density at radius 3 is 3.00 bits per heavy atom. The van der Waals surface area contributed by atoms with Crippen molar-refractivity contribution in [2.24, 2.45) is 0 Å². The third kappa shape index (κ3) is 3.47. The molecule has 2 heterocycles. The summed E-state index contributed by atoms with van der Waals surface area (Å²) in [5.41, 5.74) is 0.489. The van der Waals surface area contributed by atoms with Crippen LogP contribution in [0, 0.1) is 10.1 Å². The maximum absolute atomic E-state index is 10.8. The molecule has 0 amide bonds. The molecule has 0 radical (unpaired) electrons. The molecule has 2 aromatic rings. The maximum Gasteiger partial charge on any atom is 0.310 e. The fraction of sp³-hybridized carbons (Fsp3) is 0.333. The predicted molar refractivity (Wildman–Crippen MR) is 74.6 cm³/mol. The molecule has 0 bridgehead atoms. The predicted octanol–water partition coefficient (Wildman–Crippen LogP) is 2.66. The lowest BCUT2D eigenvalue weighted by Crippen LogP contribution is -2.06. The molecule has 6 nitrogen and oxygen atoms in total. The minimum Gasteiger partial charge on any atom is -0.379 e. The van der Waals surface area contributed by atoms with Gasteiger partial charge in [-0.3, -0.25) is 15.1 Å². The van der Waals surface area contributed by atoms with Gasteiger partial charge in [-0.05, 0) is 12.5 Å². The largest absolute Gasteiger partial charge is 0.379 e. The molecule has 100 valence electrons. The van der Waals surface area contributed by atoms with Crippen LogP contribution < -0.4 is 5.32 Å². The monoisotopic (exact) mass is 278 g/mol. The average Bonchev–Trinajstić information content (AvgIpc) is 2.87. The van der Waals surface area contributed by atoms with Gasteiger partial charge in [-0.2, -0.15) is 0 Å². The molecule has 2 aromatic heterocycles. The van der Waals surface area contributed by atoms with Crippen LogP contribution in [-0.2, 0) is 12.8 Å². The number of rotatable bonds is 6. The molecule has 0 saturated heterocycles. The third-order valence-electron chi connectivity index (χ3n) is 2.60. The minimum atomic E-state index is -0.437. The maximum atomic E-state index is 10.8. The molecular weight excluding hydrogens is 264 g/mol. The number of pyridine rings is 1. The lowest BCUT2D eigenvalue weighted by molar-refractivity contribution is -0.384. The van der Waals surface area contributed by atoms with Crippen LogP contribution in [0.1, 0.15) is 16.8 Å².